The van der Waals surface area contributed by atoms with Crippen molar-refractivity contribution in [1.82, 2.24) is 15.0 Å². The summed E-state index contributed by atoms with van der Waals surface area (Å²) >= 11 is 0. The Hall–Kier alpha value is -3.55. The minimum Gasteiger partial charge on any atom is -0.326 e. The summed E-state index contributed by atoms with van der Waals surface area (Å²) in [6.07, 6.45) is 0.0657. The molecule has 0 aliphatic carbocycles. The second-order valence-electron chi connectivity index (χ2n) is 6.14. The summed E-state index contributed by atoms with van der Waals surface area (Å²) in [7, 11) is 0. The molecule has 138 valence electrons. The van der Waals surface area contributed by atoms with E-state index >= 15 is 0 Å². The highest BCUT2D eigenvalue weighted by atomic mass is 16.2. The second-order valence-corrected chi connectivity index (χ2v) is 6.14. The van der Waals surface area contributed by atoms with Gasteiger partial charge in [-0.3, -0.25) is 14.4 Å². The Morgan fingerprint density at radius 1 is 1.11 bits per heavy atom. The molecule has 0 atom stereocenters. The van der Waals surface area contributed by atoms with E-state index in [4.69, 9.17) is 0 Å². The van der Waals surface area contributed by atoms with Crippen molar-refractivity contribution in [3.05, 3.63) is 58.4 Å². The van der Waals surface area contributed by atoms with Gasteiger partial charge in [0.1, 0.15) is 5.52 Å². The number of aromatic nitrogens is 3. The Balaban J connectivity index is 1.68. The van der Waals surface area contributed by atoms with Crippen LogP contribution in [-0.4, -0.2) is 26.8 Å². The molecule has 0 unspecified atom stereocenters. The Labute approximate surface area is 155 Å². The lowest BCUT2D eigenvalue weighted by atomic mass is 10.1. The van der Waals surface area contributed by atoms with E-state index in [1.807, 2.05) is 6.92 Å². The van der Waals surface area contributed by atoms with Crippen molar-refractivity contribution in [2.45, 2.75) is 26.8 Å². The number of fused-ring (bicyclic) bond motifs is 1. The summed E-state index contributed by atoms with van der Waals surface area (Å²) in [6.45, 7) is 3.40. The van der Waals surface area contributed by atoms with Crippen LogP contribution in [0.5, 0.6) is 0 Å². The van der Waals surface area contributed by atoms with Crippen LogP contribution in [-0.2, 0) is 16.1 Å². The summed E-state index contributed by atoms with van der Waals surface area (Å²) < 4.78 is 1.18. The van der Waals surface area contributed by atoms with Crippen LogP contribution >= 0.6 is 0 Å². The molecule has 0 aliphatic rings. The van der Waals surface area contributed by atoms with E-state index in [-0.39, 0.29) is 30.3 Å². The number of nitrogens with zero attached hydrogens (tertiary/aromatic N) is 3. The third-order valence-electron chi connectivity index (χ3n) is 4.01. The molecule has 3 rings (SSSR count). The molecule has 2 N–H and O–H groups in total. The molecule has 1 aromatic heterocycles. The van der Waals surface area contributed by atoms with Crippen LogP contribution in [0.3, 0.4) is 0 Å². The van der Waals surface area contributed by atoms with E-state index in [9.17, 15) is 14.4 Å². The Kier molecular flexibility index (Phi) is 5.25. The van der Waals surface area contributed by atoms with Gasteiger partial charge in [-0.2, -0.15) is 0 Å². The fourth-order valence-electron chi connectivity index (χ4n) is 2.62. The van der Waals surface area contributed by atoms with Crippen LogP contribution in [0.15, 0.2) is 47.3 Å². The predicted octanol–water partition coefficient (Wildman–Crippen LogP) is 2.09. The standard InChI is InChI=1S/C19H19N5O3/c1-12-7-8-14(11-17(12)20-13(2)25)21-18(26)9-10-24-19(27)15-5-3-4-6-16(15)22-23-24/h3-8,11H,9-10H2,1-2H3,(H,20,25)(H,21,26). The molecule has 27 heavy (non-hydrogen) atoms. The number of carbonyl (C=O) groups is 2. The topological polar surface area (TPSA) is 106 Å². The molecule has 0 spiro atoms. The zero-order valence-corrected chi connectivity index (χ0v) is 15.0. The molecule has 0 radical (unpaired) electrons. The van der Waals surface area contributed by atoms with Gasteiger partial charge in [0.15, 0.2) is 0 Å². The molecule has 3 aromatic rings. The quantitative estimate of drug-likeness (QED) is 0.720. The number of nitrogens with one attached hydrogen (secondary N) is 2. The summed E-state index contributed by atoms with van der Waals surface area (Å²) in [5.74, 6) is -0.453. The lowest BCUT2D eigenvalue weighted by Crippen LogP contribution is -2.26. The third-order valence-corrected chi connectivity index (χ3v) is 4.01. The van der Waals surface area contributed by atoms with Crippen molar-refractivity contribution in [2.24, 2.45) is 0 Å². The van der Waals surface area contributed by atoms with Crippen LogP contribution in [0.1, 0.15) is 18.9 Å². The summed E-state index contributed by atoms with van der Waals surface area (Å²) in [4.78, 5) is 35.8. The van der Waals surface area contributed by atoms with Crippen molar-refractivity contribution in [2.75, 3.05) is 10.6 Å². The molecule has 0 fully saturated rings. The zero-order chi connectivity index (χ0) is 19.4. The monoisotopic (exact) mass is 365 g/mol. The smallest absolute Gasteiger partial charge is 0.277 e. The first-order valence-electron chi connectivity index (χ1n) is 8.44. The molecular weight excluding hydrogens is 346 g/mol. The molecule has 0 aliphatic heterocycles. The first-order valence-corrected chi connectivity index (χ1v) is 8.44. The molecule has 2 aromatic carbocycles. The van der Waals surface area contributed by atoms with Gasteiger partial charge in [-0.25, -0.2) is 4.68 Å². The van der Waals surface area contributed by atoms with Gasteiger partial charge in [-0.15, -0.1) is 5.10 Å². The number of hydrogen-bond donors (Lipinski definition) is 2. The highest BCUT2D eigenvalue weighted by Gasteiger charge is 2.09. The highest BCUT2D eigenvalue weighted by Crippen LogP contribution is 2.20. The average molecular weight is 365 g/mol. The van der Waals surface area contributed by atoms with E-state index in [1.165, 1.54) is 11.6 Å². The fraction of sp³-hybridized carbons (Fsp3) is 0.211. The SMILES string of the molecule is CC(=O)Nc1cc(NC(=O)CCn2nnc3ccccc3c2=O)ccc1C. The van der Waals surface area contributed by atoms with Crippen molar-refractivity contribution in [3.63, 3.8) is 0 Å². The Morgan fingerprint density at radius 2 is 1.89 bits per heavy atom. The Morgan fingerprint density at radius 3 is 2.67 bits per heavy atom. The van der Waals surface area contributed by atoms with E-state index < -0.39 is 0 Å². The van der Waals surface area contributed by atoms with Gasteiger partial charge >= 0.3 is 0 Å². The molecule has 0 saturated heterocycles. The lowest BCUT2D eigenvalue weighted by molar-refractivity contribution is -0.116. The number of benzene rings is 2. The van der Waals surface area contributed by atoms with Crippen molar-refractivity contribution < 1.29 is 9.59 Å². The Bertz CT molecular complexity index is 1070. The van der Waals surface area contributed by atoms with Crippen LogP contribution in [0.25, 0.3) is 10.9 Å². The van der Waals surface area contributed by atoms with Crippen LogP contribution in [0, 0.1) is 6.92 Å². The summed E-state index contributed by atoms with van der Waals surface area (Å²) in [6, 6.07) is 12.2. The van der Waals surface area contributed by atoms with Gasteiger partial charge in [0.05, 0.1) is 11.9 Å². The number of amides is 2. The molecule has 8 heteroatoms. The highest BCUT2D eigenvalue weighted by molar-refractivity contribution is 5.93. The molecule has 0 bridgehead atoms. The van der Waals surface area contributed by atoms with Crippen LogP contribution in [0.4, 0.5) is 11.4 Å². The summed E-state index contributed by atoms with van der Waals surface area (Å²) in [5.41, 5.74) is 2.33. The first-order chi connectivity index (χ1) is 12.9. The van der Waals surface area contributed by atoms with E-state index in [2.05, 4.69) is 20.9 Å². The van der Waals surface area contributed by atoms with Crippen LogP contribution in [0.2, 0.25) is 0 Å². The maximum Gasteiger partial charge on any atom is 0.277 e. The van der Waals surface area contributed by atoms with Gasteiger partial charge in [0.2, 0.25) is 11.8 Å². The fourth-order valence-corrected chi connectivity index (χ4v) is 2.62. The number of hydrogen-bond acceptors (Lipinski definition) is 5. The third kappa shape index (κ3) is 4.35. The zero-order valence-electron chi connectivity index (χ0n) is 15.0. The second kappa shape index (κ2) is 7.77. The molecule has 2 amide bonds. The van der Waals surface area contributed by atoms with Crippen LogP contribution < -0.4 is 16.2 Å². The van der Waals surface area contributed by atoms with E-state index in [1.54, 1.807) is 42.5 Å². The maximum absolute atomic E-state index is 12.4. The normalized spacial score (nSPS) is 10.6. The van der Waals surface area contributed by atoms with Gasteiger partial charge in [0.25, 0.3) is 5.56 Å². The predicted molar refractivity (Wildman–Crippen MR) is 103 cm³/mol. The maximum atomic E-state index is 12.4. The number of rotatable bonds is 5. The molecule has 1 heterocycles. The van der Waals surface area contributed by atoms with Crippen molar-refractivity contribution in [1.29, 1.82) is 0 Å². The van der Waals surface area contributed by atoms with E-state index in [0.29, 0.717) is 22.3 Å². The van der Waals surface area contributed by atoms with Crippen molar-refractivity contribution >= 4 is 34.1 Å². The largest absolute Gasteiger partial charge is 0.326 e. The molecular formula is C19H19N5O3. The van der Waals surface area contributed by atoms with Gasteiger partial charge in [0, 0.05) is 24.7 Å². The number of anilines is 2. The lowest BCUT2D eigenvalue weighted by Gasteiger charge is -2.11. The minimum atomic E-state index is -0.281. The summed E-state index contributed by atoms with van der Waals surface area (Å²) in [5, 5.41) is 13.8. The molecule has 0 saturated carbocycles. The first kappa shape index (κ1) is 18.2. The molecule has 8 nitrogen and oxygen atoms in total. The van der Waals surface area contributed by atoms with Crippen molar-refractivity contribution in [3.8, 4) is 0 Å². The number of aryl methyl sites for hydroxylation is 2. The average Bonchev–Trinajstić information content (AvgIpc) is 2.64. The van der Waals surface area contributed by atoms with Gasteiger partial charge in [-0.05, 0) is 36.8 Å². The van der Waals surface area contributed by atoms with Gasteiger partial charge in [-0.1, -0.05) is 23.4 Å². The number of carbonyl (C=O) groups excluding carboxylic acids is 2. The minimum absolute atomic E-state index is 0.0657. The van der Waals surface area contributed by atoms with Gasteiger partial charge < -0.3 is 10.6 Å². The van der Waals surface area contributed by atoms with E-state index in [0.717, 1.165) is 5.56 Å².